The second-order valence-corrected chi connectivity index (χ2v) is 6.64. The summed E-state index contributed by atoms with van der Waals surface area (Å²) in [6.45, 7) is 0. The molecule has 11 heteroatoms. The van der Waals surface area contributed by atoms with Crippen molar-refractivity contribution in [1.82, 2.24) is 0 Å². The second kappa shape index (κ2) is 6.06. The summed E-state index contributed by atoms with van der Waals surface area (Å²) in [5, 5.41) is 0. The molecule has 0 N–H and O–H groups in total. The molecule has 0 spiro atoms. The monoisotopic (exact) mass is 408 g/mol. The first-order valence-corrected chi connectivity index (χ1v) is 7.49. The topological polar surface area (TPSA) is 0 Å². The normalized spacial score (nSPS) is 11.2. The van der Waals surface area contributed by atoms with Gasteiger partial charge in [-0.05, 0) is 0 Å². The van der Waals surface area contributed by atoms with Gasteiger partial charge < -0.3 is 0 Å². The van der Waals surface area contributed by atoms with Crippen molar-refractivity contribution in [2.45, 2.75) is 0 Å². The Morgan fingerprint density at radius 3 is 0.696 bits per heavy atom. The Bertz CT molecular complexity index is 691. The summed E-state index contributed by atoms with van der Waals surface area (Å²) in [4.78, 5) is 0. The number of rotatable bonds is 2. The van der Waals surface area contributed by atoms with Crippen molar-refractivity contribution in [3.05, 3.63) is 58.2 Å². The van der Waals surface area contributed by atoms with E-state index in [-0.39, 0.29) is 0 Å². The third kappa shape index (κ3) is 2.68. The minimum absolute atomic E-state index is 1.61. The van der Waals surface area contributed by atoms with Gasteiger partial charge in [-0.3, -0.25) is 0 Å². The van der Waals surface area contributed by atoms with Gasteiger partial charge in [-0.1, -0.05) is 0 Å². The van der Waals surface area contributed by atoms with Crippen LogP contribution in [0, 0.1) is 58.2 Å². The average Bonchev–Trinajstić information content (AvgIpc) is 2.54. The molecule has 23 heavy (non-hydrogen) atoms. The summed E-state index contributed by atoms with van der Waals surface area (Å²) < 4.78 is 128. The van der Waals surface area contributed by atoms with Gasteiger partial charge in [0.05, 0.1) is 0 Å². The molecule has 2 rings (SSSR count). The molecule has 2 aromatic rings. The molecule has 0 saturated heterocycles. The van der Waals surface area contributed by atoms with Crippen molar-refractivity contribution in [2.75, 3.05) is 0 Å². The molecule has 0 fully saturated rings. The van der Waals surface area contributed by atoms with E-state index < -0.39 is 82.4 Å². The van der Waals surface area contributed by atoms with E-state index in [9.17, 15) is 43.9 Å². The summed E-state index contributed by atoms with van der Waals surface area (Å²) in [5.74, 6) is -24.1. The van der Waals surface area contributed by atoms with Crippen molar-refractivity contribution in [3.63, 3.8) is 0 Å². The van der Waals surface area contributed by atoms with E-state index in [1.807, 2.05) is 0 Å². The predicted molar refractivity (Wildman–Crippen MR) is 57.5 cm³/mol. The van der Waals surface area contributed by atoms with Gasteiger partial charge in [0.15, 0.2) is 0 Å². The average molecular weight is 407 g/mol. The first-order chi connectivity index (χ1) is 10.6. The van der Waals surface area contributed by atoms with Crippen LogP contribution in [0.25, 0.3) is 0 Å². The van der Waals surface area contributed by atoms with Gasteiger partial charge in [-0.15, -0.1) is 0 Å². The predicted octanol–water partition coefficient (Wildman–Crippen LogP) is 2.73. The number of hydrogen-bond donors (Lipinski definition) is 0. The molecule has 0 aliphatic rings. The van der Waals surface area contributed by atoms with Crippen LogP contribution in [0.15, 0.2) is 0 Å². The standard InChI is InChI=1S/C12F10Ge/c13-1-3(15)7(19)11(8(20)4(1)16)23-12-9(21)5(17)2(14)6(18)10(12)22. The molecule has 0 saturated carbocycles. The molecule has 2 aromatic carbocycles. The summed E-state index contributed by atoms with van der Waals surface area (Å²) in [7, 11) is 0. The zero-order valence-corrected chi connectivity index (χ0v) is 12.4. The molecule has 0 atom stereocenters. The van der Waals surface area contributed by atoms with E-state index in [4.69, 9.17) is 0 Å². The number of halogens is 10. The Kier molecular flexibility index (Phi) is 4.64. The van der Waals surface area contributed by atoms with E-state index in [0.29, 0.717) is 0 Å². The van der Waals surface area contributed by atoms with E-state index in [2.05, 4.69) is 0 Å². The molecule has 0 heterocycles. The Morgan fingerprint density at radius 2 is 0.478 bits per heavy atom. The first kappa shape index (κ1) is 17.6. The molecular formula is C12F10Ge. The van der Waals surface area contributed by atoms with Crippen LogP contribution >= 0.6 is 0 Å². The molecule has 0 nitrogen and oxygen atoms in total. The molecule has 2 radical (unpaired) electrons. The van der Waals surface area contributed by atoms with Gasteiger partial charge in [-0.2, -0.15) is 0 Å². The maximum absolute atomic E-state index is 13.4. The molecular weight excluding hydrogens is 407 g/mol. The van der Waals surface area contributed by atoms with Crippen molar-refractivity contribution >= 4 is 24.2 Å². The number of hydrogen-bond acceptors (Lipinski definition) is 0. The van der Waals surface area contributed by atoms with E-state index in [1.54, 1.807) is 0 Å². The van der Waals surface area contributed by atoms with Gasteiger partial charge in [0.1, 0.15) is 0 Å². The third-order valence-electron chi connectivity index (χ3n) is 2.67. The van der Waals surface area contributed by atoms with Crippen molar-refractivity contribution in [2.24, 2.45) is 0 Å². The third-order valence-corrected chi connectivity index (χ3v) is 5.56. The van der Waals surface area contributed by atoms with Crippen LogP contribution < -0.4 is 8.79 Å². The zero-order valence-electron chi connectivity index (χ0n) is 10.3. The molecule has 0 aromatic heterocycles. The fraction of sp³-hybridized carbons (Fsp3) is 0. The van der Waals surface area contributed by atoms with Crippen molar-refractivity contribution in [1.29, 1.82) is 0 Å². The van der Waals surface area contributed by atoms with Crippen LogP contribution in [-0.4, -0.2) is 15.4 Å². The number of benzene rings is 2. The van der Waals surface area contributed by atoms with Crippen LogP contribution in [0.2, 0.25) is 0 Å². The second-order valence-electron chi connectivity index (χ2n) is 4.01. The molecule has 0 bridgehead atoms. The summed E-state index contributed by atoms with van der Waals surface area (Å²) in [5.41, 5.74) is 0. The molecule has 0 amide bonds. The Balaban J connectivity index is 2.71. The molecule has 0 aliphatic carbocycles. The van der Waals surface area contributed by atoms with Gasteiger partial charge in [-0.25, -0.2) is 0 Å². The van der Waals surface area contributed by atoms with Crippen LogP contribution in [0.4, 0.5) is 43.9 Å². The van der Waals surface area contributed by atoms with Gasteiger partial charge in [0.25, 0.3) is 0 Å². The van der Waals surface area contributed by atoms with Crippen LogP contribution in [-0.2, 0) is 0 Å². The maximum atomic E-state index is 13.4. The fourth-order valence-electron chi connectivity index (χ4n) is 1.55. The Hall–Kier alpha value is -1.72. The van der Waals surface area contributed by atoms with Gasteiger partial charge in [0.2, 0.25) is 0 Å². The van der Waals surface area contributed by atoms with Crippen LogP contribution in [0.1, 0.15) is 0 Å². The first-order valence-electron chi connectivity index (χ1n) is 5.39. The van der Waals surface area contributed by atoms with E-state index in [0.717, 1.165) is 0 Å². The van der Waals surface area contributed by atoms with E-state index >= 15 is 0 Å². The zero-order chi connectivity index (χ0) is 17.6. The van der Waals surface area contributed by atoms with Crippen LogP contribution in [0.5, 0.6) is 0 Å². The Labute approximate surface area is 127 Å². The SMILES string of the molecule is Fc1c(F)c(F)[c]([Ge][c]2c(F)c(F)c(F)c(F)c2F)c(F)c1F. The van der Waals surface area contributed by atoms with E-state index in [1.165, 1.54) is 0 Å². The molecule has 0 aliphatic heterocycles. The van der Waals surface area contributed by atoms with Gasteiger partial charge >= 0.3 is 126 Å². The molecule has 0 unspecified atom stereocenters. The quantitative estimate of drug-likeness (QED) is 0.311. The van der Waals surface area contributed by atoms with Crippen molar-refractivity contribution in [3.8, 4) is 0 Å². The minimum atomic E-state index is -3.11. The van der Waals surface area contributed by atoms with Crippen molar-refractivity contribution < 1.29 is 43.9 Å². The summed E-state index contributed by atoms with van der Waals surface area (Å²) in [6, 6.07) is 0. The van der Waals surface area contributed by atoms with Gasteiger partial charge in [0, 0.05) is 0 Å². The fourth-order valence-corrected chi connectivity index (χ4v) is 3.92. The van der Waals surface area contributed by atoms with Crippen LogP contribution in [0.3, 0.4) is 0 Å². The summed E-state index contributed by atoms with van der Waals surface area (Å²) >= 11 is -3.11. The molecule has 122 valence electrons. The Morgan fingerprint density at radius 1 is 0.304 bits per heavy atom. The summed E-state index contributed by atoms with van der Waals surface area (Å²) in [6.07, 6.45) is 0.